The van der Waals surface area contributed by atoms with Crippen LogP contribution in [-0.2, 0) is 13.1 Å². The van der Waals surface area contributed by atoms with Gasteiger partial charge in [0.05, 0.1) is 5.56 Å². The lowest BCUT2D eigenvalue weighted by Gasteiger charge is -2.09. The maximum Gasteiger partial charge on any atom is 0.422 e. The number of alkyl halides is 3. The lowest BCUT2D eigenvalue weighted by Crippen LogP contribution is -2.19. The normalized spacial score (nSPS) is 13.5. The minimum Gasteiger partial charge on any atom is -0.468 e. The summed E-state index contributed by atoms with van der Waals surface area (Å²) in [6.07, 6.45) is -3.25. The summed E-state index contributed by atoms with van der Waals surface area (Å²) in [5.74, 6) is -0.580. The van der Waals surface area contributed by atoms with Crippen LogP contribution < -0.4 is 15.4 Å². The standard InChI is InChI=1S/C16H14F3N3O2/c17-16(18,19)9-24-14-4-2-11(8-21-14)15(23)22-13-3-1-10-6-20-7-12(10)5-13/h1-5,8,20H,6-7,9H2,(H,22,23). The van der Waals surface area contributed by atoms with E-state index in [1.165, 1.54) is 23.9 Å². The molecular formula is C16H14F3N3O2. The number of carbonyl (C=O) groups is 1. The van der Waals surface area contributed by atoms with E-state index in [0.717, 1.165) is 18.7 Å². The second-order valence-electron chi connectivity index (χ2n) is 5.33. The average molecular weight is 337 g/mol. The van der Waals surface area contributed by atoms with Gasteiger partial charge in [-0.05, 0) is 29.3 Å². The Hall–Kier alpha value is -2.61. The fraction of sp³-hybridized carbons (Fsp3) is 0.250. The van der Waals surface area contributed by atoms with Gasteiger partial charge in [-0.25, -0.2) is 4.98 Å². The average Bonchev–Trinajstić information content (AvgIpc) is 3.00. The highest BCUT2D eigenvalue weighted by Gasteiger charge is 2.28. The zero-order chi connectivity index (χ0) is 17.2. The summed E-state index contributed by atoms with van der Waals surface area (Å²) >= 11 is 0. The molecule has 2 aromatic rings. The van der Waals surface area contributed by atoms with Crippen LogP contribution in [0.25, 0.3) is 0 Å². The van der Waals surface area contributed by atoms with Gasteiger partial charge in [-0.1, -0.05) is 6.07 Å². The van der Waals surface area contributed by atoms with Crippen LogP contribution in [0.5, 0.6) is 5.88 Å². The first kappa shape index (κ1) is 16.3. The molecule has 126 valence electrons. The predicted octanol–water partition coefficient (Wildman–Crippen LogP) is 2.88. The number of hydrogen-bond acceptors (Lipinski definition) is 4. The highest BCUT2D eigenvalue weighted by atomic mass is 19.4. The first-order valence-electron chi connectivity index (χ1n) is 7.20. The molecule has 1 aliphatic rings. The smallest absolute Gasteiger partial charge is 0.422 e. The van der Waals surface area contributed by atoms with E-state index in [1.54, 1.807) is 6.07 Å². The molecule has 1 aliphatic heterocycles. The minimum absolute atomic E-state index is 0.188. The number of amides is 1. The van der Waals surface area contributed by atoms with Crippen LogP contribution in [-0.4, -0.2) is 23.7 Å². The number of aromatic nitrogens is 1. The van der Waals surface area contributed by atoms with Crippen LogP contribution in [0.2, 0.25) is 0 Å². The number of rotatable bonds is 4. The third kappa shape index (κ3) is 4.02. The number of nitrogens with zero attached hydrogens (tertiary/aromatic N) is 1. The van der Waals surface area contributed by atoms with Crippen molar-refractivity contribution >= 4 is 11.6 Å². The van der Waals surface area contributed by atoms with E-state index < -0.39 is 18.7 Å². The van der Waals surface area contributed by atoms with Crippen molar-refractivity contribution in [3.8, 4) is 5.88 Å². The molecule has 0 fully saturated rings. The maximum atomic E-state index is 12.2. The van der Waals surface area contributed by atoms with Crippen LogP contribution in [0.15, 0.2) is 36.5 Å². The highest BCUT2D eigenvalue weighted by molar-refractivity contribution is 6.04. The first-order valence-corrected chi connectivity index (χ1v) is 7.20. The Balaban J connectivity index is 1.63. The third-order valence-electron chi connectivity index (χ3n) is 3.48. The van der Waals surface area contributed by atoms with Gasteiger partial charge in [0.2, 0.25) is 5.88 Å². The molecule has 5 nitrogen and oxygen atoms in total. The predicted molar refractivity (Wildman–Crippen MR) is 80.7 cm³/mol. The number of anilines is 1. The van der Waals surface area contributed by atoms with Crippen molar-refractivity contribution in [1.82, 2.24) is 10.3 Å². The number of halogens is 3. The van der Waals surface area contributed by atoms with Gasteiger partial charge >= 0.3 is 6.18 Å². The van der Waals surface area contributed by atoms with Gasteiger partial charge in [0.1, 0.15) is 0 Å². The quantitative estimate of drug-likeness (QED) is 0.900. The Morgan fingerprint density at radius 3 is 2.71 bits per heavy atom. The molecule has 3 rings (SSSR count). The van der Waals surface area contributed by atoms with Gasteiger partial charge in [0, 0.05) is 31.0 Å². The Morgan fingerprint density at radius 1 is 1.21 bits per heavy atom. The second-order valence-corrected chi connectivity index (χ2v) is 5.33. The number of hydrogen-bond donors (Lipinski definition) is 2. The van der Waals surface area contributed by atoms with Crippen LogP contribution >= 0.6 is 0 Å². The minimum atomic E-state index is -4.43. The summed E-state index contributed by atoms with van der Waals surface area (Å²) in [6.45, 7) is 0.146. The Kier molecular flexibility index (Phi) is 4.39. The molecule has 2 N–H and O–H groups in total. The van der Waals surface area contributed by atoms with Gasteiger partial charge in [-0.2, -0.15) is 13.2 Å². The molecule has 0 atom stereocenters. The monoisotopic (exact) mass is 337 g/mol. The zero-order valence-electron chi connectivity index (χ0n) is 12.5. The molecule has 2 heterocycles. The van der Waals surface area contributed by atoms with E-state index in [4.69, 9.17) is 0 Å². The van der Waals surface area contributed by atoms with Gasteiger partial charge in [0.15, 0.2) is 6.61 Å². The van der Waals surface area contributed by atoms with Gasteiger partial charge in [0.25, 0.3) is 5.91 Å². The van der Waals surface area contributed by atoms with Crippen molar-refractivity contribution in [3.63, 3.8) is 0 Å². The van der Waals surface area contributed by atoms with E-state index in [1.807, 2.05) is 12.1 Å². The Morgan fingerprint density at radius 2 is 2.00 bits per heavy atom. The SMILES string of the molecule is O=C(Nc1ccc2c(c1)CNC2)c1ccc(OCC(F)(F)F)nc1. The number of fused-ring (bicyclic) bond motifs is 1. The fourth-order valence-corrected chi connectivity index (χ4v) is 2.33. The van der Waals surface area contributed by atoms with E-state index in [9.17, 15) is 18.0 Å². The van der Waals surface area contributed by atoms with Crippen LogP contribution in [0, 0.1) is 0 Å². The van der Waals surface area contributed by atoms with Crippen molar-refractivity contribution in [2.45, 2.75) is 19.3 Å². The van der Waals surface area contributed by atoms with E-state index in [2.05, 4.69) is 20.4 Å². The number of ether oxygens (including phenoxy) is 1. The molecule has 0 bridgehead atoms. The molecule has 24 heavy (non-hydrogen) atoms. The summed E-state index contributed by atoms with van der Waals surface area (Å²) in [4.78, 5) is 15.9. The zero-order valence-corrected chi connectivity index (χ0v) is 12.5. The molecule has 0 unspecified atom stereocenters. The van der Waals surface area contributed by atoms with Crippen LogP contribution in [0.1, 0.15) is 21.5 Å². The lowest BCUT2D eigenvalue weighted by molar-refractivity contribution is -0.154. The molecule has 8 heteroatoms. The van der Waals surface area contributed by atoms with Crippen LogP contribution in [0.4, 0.5) is 18.9 Å². The maximum absolute atomic E-state index is 12.2. The molecule has 0 aliphatic carbocycles. The van der Waals surface area contributed by atoms with Gasteiger partial charge in [-0.15, -0.1) is 0 Å². The van der Waals surface area contributed by atoms with Gasteiger partial charge < -0.3 is 15.4 Å². The van der Waals surface area contributed by atoms with Crippen LogP contribution in [0.3, 0.4) is 0 Å². The molecule has 0 radical (unpaired) electrons. The second kappa shape index (κ2) is 6.48. The molecule has 1 aromatic heterocycles. The van der Waals surface area contributed by atoms with E-state index in [0.29, 0.717) is 5.69 Å². The lowest BCUT2D eigenvalue weighted by atomic mass is 10.1. The van der Waals surface area contributed by atoms with Crippen molar-refractivity contribution in [1.29, 1.82) is 0 Å². The van der Waals surface area contributed by atoms with Crippen molar-refractivity contribution in [2.24, 2.45) is 0 Å². The van der Waals surface area contributed by atoms with Crippen molar-refractivity contribution in [2.75, 3.05) is 11.9 Å². The van der Waals surface area contributed by atoms with E-state index in [-0.39, 0.29) is 11.4 Å². The summed E-state index contributed by atoms with van der Waals surface area (Å²) in [5.41, 5.74) is 3.20. The summed E-state index contributed by atoms with van der Waals surface area (Å²) in [5, 5.41) is 5.95. The topological polar surface area (TPSA) is 63.2 Å². The molecule has 1 aromatic carbocycles. The number of benzene rings is 1. The Bertz CT molecular complexity index is 745. The summed E-state index contributed by atoms with van der Waals surface area (Å²) in [6, 6.07) is 8.23. The molecule has 0 saturated heterocycles. The fourth-order valence-electron chi connectivity index (χ4n) is 2.33. The summed E-state index contributed by atoms with van der Waals surface area (Å²) < 4.78 is 40.7. The molecule has 0 spiro atoms. The summed E-state index contributed by atoms with van der Waals surface area (Å²) in [7, 11) is 0. The third-order valence-corrected chi connectivity index (χ3v) is 3.48. The molecule has 1 amide bonds. The number of carbonyl (C=O) groups excluding carboxylic acids is 1. The number of pyridine rings is 1. The number of nitrogens with one attached hydrogen (secondary N) is 2. The first-order chi connectivity index (χ1) is 11.4. The van der Waals surface area contributed by atoms with Gasteiger partial charge in [-0.3, -0.25) is 4.79 Å². The molecule has 0 saturated carbocycles. The van der Waals surface area contributed by atoms with Crippen molar-refractivity contribution < 1.29 is 22.7 Å². The van der Waals surface area contributed by atoms with E-state index >= 15 is 0 Å². The van der Waals surface area contributed by atoms with Crippen molar-refractivity contribution in [3.05, 3.63) is 53.2 Å². The largest absolute Gasteiger partial charge is 0.468 e. The molecular weight excluding hydrogens is 323 g/mol. The Labute approximate surface area is 135 Å². The highest BCUT2D eigenvalue weighted by Crippen LogP contribution is 2.21.